The van der Waals surface area contributed by atoms with Crippen LogP contribution in [0, 0.1) is 6.57 Å². The summed E-state index contributed by atoms with van der Waals surface area (Å²) in [5.74, 6) is 0. The molecule has 1 N–H and O–H groups in total. The van der Waals surface area contributed by atoms with Crippen LogP contribution in [-0.2, 0) is 10.0 Å². The van der Waals surface area contributed by atoms with E-state index in [1.54, 1.807) is 12.1 Å². The lowest BCUT2D eigenvalue weighted by atomic mass is 9.97. The molecule has 2 rings (SSSR count). The molecule has 32 heavy (non-hydrogen) atoms. The van der Waals surface area contributed by atoms with E-state index in [0.29, 0.717) is 11.4 Å². The first-order valence-electron chi connectivity index (χ1n) is 11.8. The molecular weight excluding hydrogens is 418 g/mol. The van der Waals surface area contributed by atoms with Crippen LogP contribution < -0.4 is 9.62 Å². The highest BCUT2D eigenvalue weighted by atomic mass is 32.2. The van der Waals surface area contributed by atoms with Crippen molar-refractivity contribution in [2.45, 2.75) is 82.1 Å². The molecule has 0 heterocycles. The molecule has 0 saturated carbocycles. The fourth-order valence-corrected chi connectivity index (χ4v) is 5.28. The normalized spacial score (nSPS) is 12.1. The zero-order valence-electron chi connectivity index (χ0n) is 20.2. The van der Waals surface area contributed by atoms with Crippen molar-refractivity contribution in [3.8, 4) is 0 Å². The largest absolute Gasteiger partial charge is 0.377 e. The maximum Gasteiger partial charge on any atom is 0.241 e. The van der Waals surface area contributed by atoms with Crippen molar-refractivity contribution in [1.82, 2.24) is 4.72 Å². The van der Waals surface area contributed by atoms with Gasteiger partial charge < -0.3 is 9.74 Å². The van der Waals surface area contributed by atoms with Gasteiger partial charge in [0.1, 0.15) is 0 Å². The smallest absolute Gasteiger partial charge is 0.241 e. The van der Waals surface area contributed by atoms with Crippen LogP contribution in [0.3, 0.4) is 0 Å². The number of nitrogens with one attached hydrogen (secondary N) is 1. The third-order valence-electron chi connectivity index (χ3n) is 5.93. The molecule has 0 saturated heterocycles. The molecule has 0 fully saturated rings. The Bertz CT molecular complexity index is 1000. The second-order valence-corrected chi connectivity index (χ2v) is 11.2. The van der Waals surface area contributed by atoms with Crippen molar-refractivity contribution < 1.29 is 8.42 Å². The third kappa shape index (κ3) is 7.79. The predicted octanol–water partition coefficient (Wildman–Crippen LogP) is 6.39. The summed E-state index contributed by atoms with van der Waals surface area (Å²) in [5, 5.41) is 1.70. The van der Waals surface area contributed by atoms with Crippen LogP contribution in [0.15, 0.2) is 41.3 Å². The van der Waals surface area contributed by atoms with Crippen molar-refractivity contribution in [2.75, 3.05) is 25.5 Å². The highest BCUT2D eigenvalue weighted by Crippen LogP contribution is 2.31. The SMILES string of the molecule is [C-]#[N+]C(C)(C)CCCCCCCCCCNS(=O)(=O)c1cccc2cccc(N(C)C)c12. The number of rotatable bonds is 14. The van der Waals surface area contributed by atoms with Gasteiger partial charge in [-0.05, 0) is 30.4 Å². The van der Waals surface area contributed by atoms with Gasteiger partial charge in [0.25, 0.3) is 0 Å². The zero-order valence-corrected chi connectivity index (χ0v) is 21.0. The Hall–Kier alpha value is -2.10. The van der Waals surface area contributed by atoms with Gasteiger partial charge in [-0.15, -0.1) is 0 Å². The maximum atomic E-state index is 13.0. The molecule has 0 unspecified atom stereocenters. The van der Waals surface area contributed by atoms with Gasteiger partial charge in [0.2, 0.25) is 15.6 Å². The lowest BCUT2D eigenvalue weighted by Crippen LogP contribution is -2.25. The number of sulfonamides is 1. The lowest BCUT2D eigenvalue weighted by molar-refractivity contribution is 0.493. The number of fused-ring (bicyclic) bond motifs is 1. The van der Waals surface area contributed by atoms with Gasteiger partial charge in [-0.25, -0.2) is 19.7 Å². The molecule has 0 radical (unpaired) electrons. The average Bonchev–Trinajstić information content (AvgIpc) is 2.76. The van der Waals surface area contributed by atoms with E-state index in [2.05, 4.69) is 9.57 Å². The van der Waals surface area contributed by atoms with Crippen molar-refractivity contribution in [3.05, 3.63) is 47.8 Å². The van der Waals surface area contributed by atoms with Crippen LogP contribution in [0.4, 0.5) is 5.69 Å². The van der Waals surface area contributed by atoms with Gasteiger partial charge in [-0.2, -0.15) is 0 Å². The Labute approximate surface area is 195 Å². The Morgan fingerprint density at radius 1 is 0.906 bits per heavy atom. The van der Waals surface area contributed by atoms with E-state index in [-0.39, 0.29) is 5.54 Å². The molecule has 0 bridgehead atoms. The summed E-state index contributed by atoms with van der Waals surface area (Å²) < 4.78 is 28.8. The molecule has 0 aliphatic carbocycles. The summed E-state index contributed by atoms with van der Waals surface area (Å²) in [4.78, 5) is 5.96. The second-order valence-electron chi connectivity index (χ2n) is 9.43. The number of hydrogen-bond acceptors (Lipinski definition) is 3. The van der Waals surface area contributed by atoms with Crippen LogP contribution in [0.2, 0.25) is 0 Å². The Kier molecular flexibility index (Phi) is 9.99. The molecule has 0 atom stereocenters. The summed E-state index contributed by atoms with van der Waals surface area (Å²) in [5.41, 5.74) is 0.689. The Balaban J connectivity index is 1.74. The second kappa shape index (κ2) is 12.2. The van der Waals surface area contributed by atoms with E-state index in [4.69, 9.17) is 6.57 Å². The Morgan fingerprint density at radius 3 is 2.06 bits per heavy atom. The van der Waals surface area contributed by atoms with Gasteiger partial charge in [0, 0.05) is 52.0 Å². The fraction of sp³-hybridized carbons (Fsp3) is 0.577. The lowest BCUT2D eigenvalue weighted by Gasteiger charge is -2.18. The Morgan fingerprint density at radius 2 is 1.47 bits per heavy atom. The van der Waals surface area contributed by atoms with E-state index in [1.807, 2.05) is 57.1 Å². The van der Waals surface area contributed by atoms with Crippen LogP contribution in [-0.4, -0.2) is 34.6 Å². The monoisotopic (exact) mass is 457 g/mol. The predicted molar refractivity (Wildman–Crippen MR) is 136 cm³/mol. The summed E-state index contributed by atoms with van der Waals surface area (Å²) in [6, 6.07) is 11.3. The minimum Gasteiger partial charge on any atom is -0.377 e. The van der Waals surface area contributed by atoms with E-state index in [9.17, 15) is 8.42 Å². The number of unbranched alkanes of at least 4 members (excludes halogenated alkanes) is 7. The topological polar surface area (TPSA) is 53.8 Å². The minimum absolute atomic E-state index is 0.215. The van der Waals surface area contributed by atoms with Gasteiger partial charge in [0.15, 0.2) is 0 Å². The molecule has 0 aromatic heterocycles. The van der Waals surface area contributed by atoms with E-state index in [0.717, 1.165) is 48.6 Å². The van der Waals surface area contributed by atoms with Gasteiger partial charge in [0.05, 0.1) is 4.90 Å². The fourth-order valence-electron chi connectivity index (χ4n) is 3.97. The van der Waals surface area contributed by atoms with Crippen molar-refractivity contribution in [3.63, 3.8) is 0 Å². The standard InChI is InChI=1S/C26H39N3O2S/c1-26(2,27-3)20-12-10-8-6-7-9-11-13-21-28-32(30,31)24-19-15-17-22-16-14-18-23(25(22)24)29(4)5/h14-19,28H,6-13,20-21H2,1-2,4-5H3. The summed E-state index contributed by atoms with van der Waals surface area (Å²) in [7, 11) is 0.298. The van der Waals surface area contributed by atoms with Crippen molar-refractivity contribution in [2.24, 2.45) is 0 Å². The number of hydrogen-bond donors (Lipinski definition) is 1. The first-order valence-corrected chi connectivity index (χ1v) is 13.2. The van der Waals surface area contributed by atoms with E-state index < -0.39 is 10.0 Å². The first-order chi connectivity index (χ1) is 15.2. The van der Waals surface area contributed by atoms with Crippen molar-refractivity contribution >= 4 is 26.5 Å². The number of anilines is 1. The van der Waals surface area contributed by atoms with Gasteiger partial charge in [-0.3, -0.25) is 0 Å². The molecule has 0 aliphatic heterocycles. The summed E-state index contributed by atoms with van der Waals surface area (Å²) in [6.07, 6.45) is 9.94. The van der Waals surface area contributed by atoms with Crippen LogP contribution in [0.5, 0.6) is 0 Å². The summed E-state index contributed by atoms with van der Waals surface area (Å²) >= 11 is 0. The molecule has 2 aromatic carbocycles. The summed E-state index contributed by atoms with van der Waals surface area (Å²) in [6.45, 7) is 11.6. The molecule has 5 nitrogen and oxygen atoms in total. The van der Waals surface area contributed by atoms with Crippen LogP contribution in [0.25, 0.3) is 15.6 Å². The molecule has 176 valence electrons. The molecule has 6 heteroatoms. The highest BCUT2D eigenvalue weighted by Gasteiger charge is 2.21. The van der Waals surface area contributed by atoms with E-state index in [1.165, 1.54) is 25.7 Å². The zero-order chi connectivity index (χ0) is 23.6. The molecular formula is C26H39N3O2S. The number of nitrogens with zero attached hydrogens (tertiary/aromatic N) is 2. The van der Waals surface area contributed by atoms with Gasteiger partial charge in [-0.1, -0.05) is 62.8 Å². The minimum atomic E-state index is -3.56. The quantitative estimate of drug-likeness (QED) is 0.264. The van der Waals surface area contributed by atoms with Crippen LogP contribution in [0.1, 0.15) is 71.6 Å². The average molecular weight is 458 g/mol. The van der Waals surface area contributed by atoms with Gasteiger partial charge >= 0.3 is 0 Å². The highest BCUT2D eigenvalue weighted by molar-refractivity contribution is 7.89. The first kappa shape index (κ1) is 26.2. The van der Waals surface area contributed by atoms with Crippen molar-refractivity contribution in [1.29, 1.82) is 0 Å². The van der Waals surface area contributed by atoms with E-state index >= 15 is 0 Å². The molecule has 0 amide bonds. The third-order valence-corrected chi connectivity index (χ3v) is 7.43. The molecule has 0 aliphatic rings. The molecule has 0 spiro atoms. The maximum absolute atomic E-state index is 13.0. The molecule has 2 aromatic rings. The number of benzene rings is 2. The van der Waals surface area contributed by atoms with Crippen LogP contribution >= 0.6 is 0 Å².